The molecule has 3 nitrogen and oxygen atoms in total. The molecule has 0 spiro atoms. The van der Waals surface area contributed by atoms with Crippen molar-refractivity contribution in [1.82, 2.24) is 4.98 Å². The van der Waals surface area contributed by atoms with Crippen LogP contribution < -0.4 is 0 Å². The normalized spacial score (nSPS) is 10.7. The summed E-state index contributed by atoms with van der Waals surface area (Å²) in [5, 5.41) is 8.94. The average molecular weight is 280 g/mol. The van der Waals surface area contributed by atoms with E-state index < -0.39 is 18.0 Å². The Morgan fingerprint density at radius 2 is 2.27 bits per heavy atom. The number of aromatic carboxylic acids is 1. The molecule has 0 radical (unpaired) electrons. The van der Waals surface area contributed by atoms with Crippen LogP contribution in [0.15, 0.2) is 6.20 Å². The Morgan fingerprint density at radius 1 is 1.67 bits per heavy atom. The lowest BCUT2D eigenvalue weighted by Gasteiger charge is -2.11. The van der Waals surface area contributed by atoms with Gasteiger partial charge >= 0.3 is 5.97 Å². The zero-order chi connectivity index (χ0) is 11.6. The van der Waals surface area contributed by atoms with Gasteiger partial charge < -0.3 is 5.11 Å². The van der Waals surface area contributed by atoms with Crippen LogP contribution in [-0.2, 0) is 5.33 Å². The zero-order valence-corrected chi connectivity index (χ0v) is 9.38. The van der Waals surface area contributed by atoms with Crippen molar-refractivity contribution >= 4 is 21.9 Å². The number of aromatic nitrogens is 1. The highest BCUT2D eigenvalue weighted by Crippen LogP contribution is 2.28. The fraction of sp³-hybridized carbons (Fsp3) is 0.333. The van der Waals surface area contributed by atoms with E-state index in [-0.39, 0.29) is 22.2 Å². The fourth-order valence-electron chi connectivity index (χ4n) is 1.29. The topological polar surface area (TPSA) is 50.2 Å². The number of hydrogen-bond acceptors (Lipinski definition) is 2. The maximum atomic E-state index is 12.7. The van der Waals surface area contributed by atoms with Crippen molar-refractivity contribution in [2.75, 3.05) is 0 Å². The van der Waals surface area contributed by atoms with Gasteiger partial charge in [-0.15, -0.1) is 0 Å². The lowest BCUT2D eigenvalue weighted by atomic mass is 10.0. The molecule has 1 N–H and O–H groups in total. The fourth-order valence-corrected chi connectivity index (χ4v) is 1.74. The Kier molecular flexibility index (Phi) is 3.73. The van der Waals surface area contributed by atoms with Crippen LogP contribution in [0.3, 0.4) is 0 Å². The van der Waals surface area contributed by atoms with Crippen molar-refractivity contribution in [2.24, 2.45) is 0 Å². The zero-order valence-electron chi connectivity index (χ0n) is 7.80. The van der Waals surface area contributed by atoms with Gasteiger partial charge in [-0.1, -0.05) is 15.9 Å². The number of pyridine rings is 1. The molecule has 0 saturated carbocycles. The van der Waals surface area contributed by atoms with Crippen molar-refractivity contribution in [3.05, 3.63) is 28.6 Å². The van der Waals surface area contributed by atoms with E-state index in [2.05, 4.69) is 20.9 Å². The van der Waals surface area contributed by atoms with Crippen molar-refractivity contribution in [3.8, 4) is 0 Å². The van der Waals surface area contributed by atoms with Crippen LogP contribution in [0.25, 0.3) is 0 Å². The molecule has 82 valence electrons. The molecule has 0 atom stereocenters. The van der Waals surface area contributed by atoms with E-state index in [0.717, 1.165) is 0 Å². The van der Waals surface area contributed by atoms with Gasteiger partial charge in [0.15, 0.2) is 0 Å². The highest BCUT2D eigenvalue weighted by Gasteiger charge is 2.24. The summed E-state index contributed by atoms with van der Waals surface area (Å²) in [6.45, 7) is 1.44. The molecule has 1 rings (SSSR count). The molecule has 6 heteroatoms. The van der Waals surface area contributed by atoms with Crippen molar-refractivity contribution < 1.29 is 18.7 Å². The molecule has 15 heavy (non-hydrogen) atoms. The first kappa shape index (κ1) is 12.0. The van der Waals surface area contributed by atoms with E-state index in [1.807, 2.05) is 0 Å². The monoisotopic (exact) mass is 279 g/mol. The van der Waals surface area contributed by atoms with Crippen molar-refractivity contribution in [2.45, 2.75) is 18.7 Å². The summed E-state index contributed by atoms with van der Waals surface area (Å²) < 4.78 is 25.4. The van der Waals surface area contributed by atoms with Crippen LogP contribution in [0.1, 0.15) is 33.6 Å². The van der Waals surface area contributed by atoms with Gasteiger partial charge in [0.05, 0.1) is 16.8 Å². The minimum absolute atomic E-state index is 0.0630. The Hall–Kier alpha value is -1.04. The highest BCUT2D eigenvalue weighted by molar-refractivity contribution is 9.08. The van der Waals surface area contributed by atoms with Gasteiger partial charge in [-0.05, 0) is 12.5 Å². The minimum Gasteiger partial charge on any atom is -0.478 e. The maximum Gasteiger partial charge on any atom is 0.336 e. The van der Waals surface area contributed by atoms with Crippen molar-refractivity contribution in [1.29, 1.82) is 0 Å². The molecular formula is C9H8BrF2NO2. The first-order valence-electron chi connectivity index (χ1n) is 4.04. The van der Waals surface area contributed by atoms with Crippen LogP contribution in [0, 0.1) is 6.92 Å². The third kappa shape index (κ3) is 2.31. The number of aryl methyl sites for hydroxylation is 1. The van der Waals surface area contributed by atoms with Gasteiger partial charge in [0, 0.05) is 11.5 Å². The standard InChI is InChI=1S/C9H8BrF2NO2/c1-4-3-13-5(2-10)7(8(11)12)6(4)9(14)15/h3,8H,2H2,1H3,(H,14,15). The first-order valence-corrected chi connectivity index (χ1v) is 5.17. The summed E-state index contributed by atoms with van der Waals surface area (Å²) in [6.07, 6.45) is -1.55. The van der Waals surface area contributed by atoms with Crippen LogP contribution in [0.2, 0.25) is 0 Å². The molecule has 0 fully saturated rings. The molecule has 0 unspecified atom stereocenters. The number of carbonyl (C=O) groups is 1. The predicted molar refractivity (Wildman–Crippen MR) is 53.5 cm³/mol. The van der Waals surface area contributed by atoms with Crippen LogP contribution >= 0.6 is 15.9 Å². The van der Waals surface area contributed by atoms with Gasteiger partial charge in [-0.2, -0.15) is 0 Å². The second-order valence-electron chi connectivity index (χ2n) is 2.92. The van der Waals surface area contributed by atoms with Gasteiger partial charge in [-0.3, -0.25) is 4.98 Å². The molecule has 0 aliphatic rings. The SMILES string of the molecule is Cc1cnc(CBr)c(C(F)F)c1C(=O)O. The van der Waals surface area contributed by atoms with Gasteiger partial charge in [0.1, 0.15) is 0 Å². The number of alkyl halides is 3. The summed E-state index contributed by atoms with van der Waals surface area (Å²) >= 11 is 3.00. The largest absolute Gasteiger partial charge is 0.478 e. The molecule has 0 aliphatic carbocycles. The lowest BCUT2D eigenvalue weighted by Crippen LogP contribution is -2.10. The van der Waals surface area contributed by atoms with Gasteiger partial charge in [-0.25, -0.2) is 13.6 Å². The quantitative estimate of drug-likeness (QED) is 0.866. The van der Waals surface area contributed by atoms with Crippen LogP contribution in [0.4, 0.5) is 8.78 Å². The third-order valence-electron chi connectivity index (χ3n) is 1.95. The number of halogens is 3. The second-order valence-corrected chi connectivity index (χ2v) is 3.48. The number of carboxylic acids is 1. The van der Waals surface area contributed by atoms with Gasteiger partial charge in [0.2, 0.25) is 0 Å². The maximum absolute atomic E-state index is 12.7. The molecule has 1 heterocycles. The minimum atomic E-state index is -2.84. The molecule has 1 aromatic heterocycles. The van der Waals surface area contributed by atoms with Crippen molar-refractivity contribution in [3.63, 3.8) is 0 Å². The van der Waals surface area contributed by atoms with E-state index in [9.17, 15) is 13.6 Å². The number of carboxylic acid groups (broad SMARTS) is 1. The first-order chi connectivity index (χ1) is 6.99. The molecule has 0 aromatic carbocycles. The number of nitrogens with zero attached hydrogens (tertiary/aromatic N) is 1. The van der Waals surface area contributed by atoms with E-state index in [4.69, 9.17) is 5.11 Å². The molecular weight excluding hydrogens is 272 g/mol. The van der Waals surface area contributed by atoms with E-state index in [1.165, 1.54) is 13.1 Å². The second kappa shape index (κ2) is 4.65. The summed E-state index contributed by atoms with van der Waals surface area (Å²) in [5.74, 6) is -1.35. The Morgan fingerprint density at radius 3 is 2.67 bits per heavy atom. The molecule has 0 saturated heterocycles. The molecule has 0 bridgehead atoms. The summed E-state index contributed by atoms with van der Waals surface area (Å²) in [4.78, 5) is 14.6. The summed E-state index contributed by atoms with van der Waals surface area (Å²) in [7, 11) is 0. The Balaban J connectivity index is 3.51. The third-order valence-corrected chi connectivity index (χ3v) is 2.48. The molecule has 0 amide bonds. The summed E-state index contributed by atoms with van der Waals surface area (Å²) in [5.41, 5.74) is -0.552. The Labute approximate surface area is 93.3 Å². The van der Waals surface area contributed by atoms with E-state index in [0.29, 0.717) is 0 Å². The lowest BCUT2D eigenvalue weighted by molar-refractivity contribution is 0.0683. The van der Waals surface area contributed by atoms with Crippen LogP contribution in [-0.4, -0.2) is 16.1 Å². The van der Waals surface area contributed by atoms with Crippen LogP contribution in [0.5, 0.6) is 0 Å². The average Bonchev–Trinajstić information content (AvgIpc) is 2.16. The summed E-state index contributed by atoms with van der Waals surface area (Å²) in [6, 6.07) is 0. The highest BCUT2D eigenvalue weighted by atomic mass is 79.9. The Bertz CT molecular complexity index is 396. The number of hydrogen-bond donors (Lipinski definition) is 1. The molecule has 1 aromatic rings. The smallest absolute Gasteiger partial charge is 0.336 e. The van der Waals surface area contributed by atoms with Gasteiger partial charge in [0.25, 0.3) is 6.43 Å². The van der Waals surface area contributed by atoms with E-state index >= 15 is 0 Å². The predicted octanol–water partition coefficient (Wildman–Crippen LogP) is 2.92. The number of rotatable bonds is 3. The van der Waals surface area contributed by atoms with E-state index in [1.54, 1.807) is 0 Å². The molecule has 0 aliphatic heterocycles.